The van der Waals surface area contributed by atoms with Gasteiger partial charge >= 0.3 is 0 Å². The van der Waals surface area contributed by atoms with Crippen LogP contribution in [0.25, 0.3) is 0 Å². The van der Waals surface area contributed by atoms with Gasteiger partial charge in [0.25, 0.3) is 15.9 Å². The van der Waals surface area contributed by atoms with Crippen LogP contribution in [0.2, 0.25) is 0 Å². The Morgan fingerprint density at radius 2 is 1.62 bits per heavy atom. The molecule has 0 saturated carbocycles. The second-order valence-electron chi connectivity index (χ2n) is 7.48. The molecule has 3 aromatic carbocycles. The molecule has 0 aliphatic heterocycles. The zero-order valence-corrected chi connectivity index (χ0v) is 21.1. The Hall–Kier alpha value is -3.30. The molecule has 1 N–H and O–H groups in total. The number of hydrazone groups is 1. The first-order valence-corrected chi connectivity index (χ1v) is 13.1. The number of aryl methyl sites for hydroxylation is 1. The van der Waals surface area contributed by atoms with Crippen molar-refractivity contribution in [3.63, 3.8) is 0 Å². The topological polar surface area (TPSA) is 88.1 Å². The van der Waals surface area contributed by atoms with Gasteiger partial charge in [-0.1, -0.05) is 17.7 Å². The average Bonchev–Trinajstić information content (AvgIpc) is 2.86. The van der Waals surface area contributed by atoms with E-state index in [0.717, 1.165) is 20.3 Å². The number of carbonyl (C=O) groups excluding carboxylic acids is 1. The van der Waals surface area contributed by atoms with Gasteiger partial charge in [-0.25, -0.2) is 13.8 Å². The smallest absolute Gasteiger partial charge is 0.264 e. The largest absolute Gasteiger partial charge is 0.497 e. The molecule has 1 amide bonds. The van der Waals surface area contributed by atoms with Crippen molar-refractivity contribution in [1.29, 1.82) is 0 Å². The Morgan fingerprint density at radius 1 is 1.00 bits per heavy atom. The number of thioether (sulfide) groups is 1. The quantitative estimate of drug-likeness (QED) is 0.268. The van der Waals surface area contributed by atoms with Crippen molar-refractivity contribution < 1.29 is 17.9 Å². The maximum Gasteiger partial charge on any atom is 0.264 e. The number of anilines is 1. The van der Waals surface area contributed by atoms with E-state index in [0.29, 0.717) is 17.1 Å². The van der Waals surface area contributed by atoms with Gasteiger partial charge in [-0.15, -0.1) is 11.8 Å². The van der Waals surface area contributed by atoms with Crippen LogP contribution in [0.3, 0.4) is 0 Å². The number of nitrogens with zero attached hydrogens (tertiary/aromatic N) is 2. The van der Waals surface area contributed by atoms with E-state index in [2.05, 4.69) is 10.5 Å². The van der Waals surface area contributed by atoms with Crippen LogP contribution in [0.1, 0.15) is 18.1 Å². The highest BCUT2D eigenvalue weighted by atomic mass is 32.2. The molecule has 9 heteroatoms. The lowest BCUT2D eigenvalue weighted by molar-refractivity contribution is -0.119. The normalized spacial score (nSPS) is 11.7. The van der Waals surface area contributed by atoms with Crippen LogP contribution in [0, 0.1) is 6.92 Å². The zero-order valence-electron chi connectivity index (χ0n) is 19.5. The van der Waals surface area contributed by atoms with Crippen LogP contribution in [0.5, 0.6) is 5.75 Å². The summed E-state index contributed by atoms with van der Waals surface area (Å²) >= 11 is 1.52. The van der Waals surface area contributed by atoms with E-state index >= 15 is 0 Å². The first kappa shape index (κ1) is 25.3. The van der Waals surface area contributed by atoms with Crippen molar-refractivity contribution in [2.24, 2.45) is 5.10 Å². The van der Waals surface area contributed by atoms with Crippen LogP contribution in [0.4, 0.5) is 5.69 Å². The minimum Gasteiger partial charge on any atom is -0.497 e. The van der Waals surface area contributed by atoms with Gasteiger partial charge in [0.1, 0.15) is 12.3 Å². The Morgan fingerprint density at radius 3 is 2.18 bits per heavy atom. The van der Waals surface area contributed by atoms with Gasteiger partial charge in [-0.3, -0.25) is 9.10 Å². The number of ether oxygens (including phenoxy) is 1. The van der Waals surface area contributed by atoms with Gasteiger partial charge in [0, 0.05) is 4.90 Å². The number of amides is 1. The minimum absolute atomic E-state index is 0.108. The van der Waals surface area contributed by atoms with Gasteiger partial charge in [-0.05, 0) is 86.3 Å². The maximum atomic E-state index is 13.5. The molecule has 0 spiro atoms. The molecule has 0 heterocycles. The maximum absolute atomic E-state index is 13.5. The van der Waals surface area contributed by atoms with Crippen molar-refractivity contribution in [1.82, 2.24) is 5.43 Å². The van der Waals surface area contributed by atoms with Crippen LogP contribution in [-0.2, 0) is 14.8 Å². The predicted molar refractivity (Wildman–Crippen MR) is 137 cm³/mol. The molecule has 3 aromatic rings. The molecule has 0 unspecified atom stereocenters. The van der Waals surface area contributed by atoms with Crippen LogP contribution >= 0.6 is 11.8 Å². The lowest BCUT2D eigenvalue weighted by Gasteiger charge is -2.24. The summed E-state index contributed by atoms with van der Waals surface area (Å²) in [5, 5.41) is 4.14. The second kappa shape index (κ2) is 11.2. The van der Waals surface area contributed by atoms with E-state index in [4.69, 9.17) is 4.74 Å². The fourth-order valence-corrected chi connectivity index (χ4v) is 4.94. The van der Waals surface area contributed by atoms with Gasteiger partial charge in [-0.2, -0.15) is 5.10 Å². The van der Waals surface area contributed by atoms with Gasteiger partial charge in [0.2, 0.25) is 0 Å². The summed E-state index contributed by atoms with van der Waals surface area (Å²) in [7, 11) is -2.40. The summed E-state index contributed by atoms with van der Waals surface area (Å²) in [6, 6.07) is 20.8. The van der Waals surface area contributed by atoms with Crippen LogP contribution in [-0.4, -0.2) is 39.9 Å². The molecule has 0 aromatic heterocycles. The number of nitrogens with one attached hydrogen (secondary N) is 1. The highest BCUT2D eigenvalue weighted by molar-refractivity contribution is 7.98. The predicted octanol–water partition coefficient (Wildman–Crippen LogP) is 4.46. The third-order valence-electron chi connectivity index (χ3n) is 5.11. The van der Waals surface area contributed by atoms with Crippen LogP contribution in [0.15, 0.2) is 87.7 Å². The van der Waals surface area contributed by atoms with Crippen LogP contribution < -0.4 is 14.5 Å². The zero-order chi connectivity index (χ0) is 24.7. The molecule has 3 rings (SSSR count). The first-order chi connectivity index (χ1) is 16.2. The van der Waals surface area contributed by atoms with Crippen molar-refractivity contribution in [2.45, 2.75) is 23.6 Å². The average molecular weight is 498 g/mol. The lowest BCUT2D eigenvalue weighted by atomic mass is 10.1. The van der Waals surface area contributed by atoms with E-state index in [1.54, 1.807) is 74.7 Å². The summed E-state index contributed by atoms with van der Waals surface area (Å²) < 4.78 is 33.2. The van der Waals surface area contributed by atoms with Crippen molar-refractivity contribution in [3.8, 4) is 5.75 Å². The molecule has 0 radical (unpaired) electrons. The molecule has 0 bridgehead atoms. The van der Waals surface area contributed by atoms with E-state index in [1.807, 2.05) is 25.3 Å². The fraction of sp³-hybridized carbons (Fsp3) is 0.200. The van der Waals surface area contributed by atoms with E-state index in [-0.39, 0.29) is 4.90 Å². The lowest BCUT2D eigenvalue weighted by Crippen LogP contribution is -2.39. The third kappa shape index (κ3) is 6.18. The van der Waals surface area contributed by atoms with Gasteiger partial charge in [0.05, 0.1) is 23.4 Å². The number of sulfonamides is 1. The second-order valence-corrected chi connectivity index (χ2v) is 10.2. The number of methoxy groups -OCH3 is 1. The minimum atomic E-state index is -3.98. The van der Waals surface area contributed by atoms with E-state index in [9.17, 15) is 13.2 Å². The molecule has 7 nitrogen and oxygen atoms in total. The Bertz CT molecular complexity index is 1260. The first-order valence-electron chi connectivity index (χ1n) is 10.5. The molecular formula is C25H27N3O4S2. The number of hydrogen-bond acceptors (Lipinski definition) is 6. The SMILES string of the molecule is COc1ccc(/C(C)=N\NC(=O)CN(c2ccc(C)cc2)S(=O)(=O)c2ccc(SC)cc2)cc1. The molecular weight excluding hydrogens is 470 g/mol. The molecule has 0 atom stereocenters. The van der Waals surface area contributed by atoms with Gasteiger partial charge in [0.15, 0.2) is 0 Å². The number of hydrogen-bond donors (Lipinski definition) is 1. The highest BCUT2D eigenvalue weighted by Gasteiger charge is 2.27. The molecule has 0 aliphatic carbocycles. The summed E-state index contributed by atoms with van der Waals surface area (Å²) in [4.78, 5) is 13.8. The van der Waals surface area contributed by atoms with Crippen molar-refractivity contribution >= 4 is 39.1 Å². The van der Waals surface area contributed by atoms with Gasteiger partial charge < -0.3 is 4.74 Å². The van der Waals surface area contributed by atoms with E-state index in [1.165, 1.54) is 11.8 Å². The summed E-state index contributed by atoms with van der Waals surface area (Å²) in [6.07, 6.45) is 1.92. The molecule has 34 heavy (non-hydrogen) atoms. The third-order valence-corrected chi connectivity index (χ3v) is 7.64. The summed E-state index contributed by atoms with van der Waals surface area (Å²) in [5.41, 5.74) is 5.23. The molecule has 0 saturated heterocycles. The molecule has 0 fully saturated rings. The number of carbonyl (C=O) groups is 1. The van der Waals surface area contributed by atoms with Crippen molar-refractivity contribution in [3.05, 3.63) is 83.9 Å². The van der Waals surface area contributed by atoms with Crippen molar-refractivity contribution in [2.75, 3.05) is 24.2 Å². The number of rotatable bonds is 9. The monoisotopic (exact) mass is 497 g/mol. The Labute approximate surface area is 204 Å². The van der Waals surface area contributed by atoms with E-state index < -0.39 is 22.5 Å². The standard InChI is InChI=1S/C25H27N3O4S2/c1-18-5-9-21(10-6-18)28(34(30,31)24-15-13-23(33-4)14-16-24)17-25(29)27-26-19(2)20-7-11-22(32-3)12-8-20/h5-16H,17H2,1-4H3,(H,27,29)/b26-19-. The fourth-order valence-electron chi connectivity index (χ4n) is 3.11. The summed E-state index contributed by atoms with van der Waals surface area (Å²) in [6.45, 7) is 3.24. The summed E-state index contributed by atoms with van der Waals surface area (Å²) in [5.74, 6) is 0.155. The number of benzene rings is 3. The Balaban J connectivity index is 1.84. The molecule has 0 aliphatic rings. The highest BCUT2D eigenvalue weighted by Crippen LogP contribution is 2.25. The molecule has 178 valence electrons. The Kier molecular flexibility index (Phi) is 8.36.